The first-order valence-electron chi connectivity index (χ1n) is 6.87. The zero-order valence-corrected chi connectivity index (χ0v) is 13.4. The van der Waals surface area contributed by atoms with Gasteiger partial charge in [0.25, 0.3) is 5.91 Å². The first-order chi connectivity index (χ1) is 10.1. The molecule has 0 bridgehead atoms. The Morgan fingerprint density at radius 1 is 1.43 bits per heavy atom. The monoisotopic (exact) mass is 327 g/mol. The van der Waals surface area contributed by atoms with E-state index in [4.69, 9.17) is 16.3 Å². The second-order valence-electron chi connectivity index (χ2n) is 5.00. The molecule has 0 radical (unpaired) electrons. The second-order valence-corrected chi connectivity index (χ2v) is 6.39. The van der Waals surface area contributed by atoms with Crippen LogP contribution in [0.25, 0.3) is 0 Å². The van der Waals surface area contributed by atoms with Gasteiger partial charge in [-0.3, -0.25) is 9.59 Å². The standard InChI is InChI=1S/C15H18ClNO3S/c1-10(15(19)17-12-6-7-12)20-14(18)9-21-8-11-4-2-3-5-13(11)16/h2-5,10,12H,6-9H2,1H3,(H,17,19)/t10-/m0/s1. The van der Waals surface area contributed by atoms with Crippen molar-refractivity contribution in [3.63, 3.8) is 0 Å². The Labute approximate surface area is 133 Å². The Bertz CT molecular complexity index is 519. The van der Waals surface area contributed by atoms with Crippen LogP contribution in [0.1, 0.15) is 25.3 Å². The number of carbonyl (C=O) groups excluding carboxylic acids is 2. The molecule has 0 aromatic heterocycles. The first kappa shape index (κ1) is 16.2. The van der Waals surface area contributed by atoms with Gasteiger partial charge < -0.3 is 10.1 Å². The number of ether oxygens (including phenoxy) is 1. The predicted octanol–water partition coefficient (Wildman–Crippen LogP) is 2.78. The zero-order valence-electron chi connectivity index (χ0n) is 11.8. The van der Waals surface area contributed by atoms with Crippen LogP contribution >= 0.6 is 23.4 Å². The lowest BCUT2D eigenvalue weighted by molar-refractivity contribution is -0.152. The second kappa shape index (κ2) is 7.71. The van der Waals surface area contributed by atoms with Crippen molar-refractivity contribution in [3.8, 4) is 0 Å². The molecule has 1 N–H and O–H groups in total. The maximum absolute atomic E-state index is 11.7. The molecule has 1 fully saturated rings. The van der Waals surface area contributed by atoms with Gasteiger partial charge in [-0.1, -0.05) is 29.8 Å². The number of hydrogen-bond acceptors (Lipinski definition) is 4. The lowest BCUT2D eigenvalue weighted by atomic mass is 10.2. The fraction of sp³-hybridized carbons (Fsp3) is 0.467. The molecule has 1 amide bonds. The number of esters is 1. The van der Waals surface area contributed by atoms with Crippen molar-refractivity contribution in [2.75, 3.05) is 5.75 Å². The molecule has 0 aliphatic heterocycles. The van der Waals surface area contributed by atoms with Crippen molar-refractivity contribution in [2.45, 2.75) is 37.7 Å². The maximum Gasteiger partial charge on any atom is 0.316 e. The Balaban J connectivity index is 1.67. The van der Waals surface area contributed by atoms with Crippen LogP contribution in [0.5, 0.6) is 0 Å². The van der Waals surface area contributed by atoms with Crippen LogP contribution < -0.4 is 5.32 Å². The molecule has 0 saturated heterocycles. The largest absolute Gasteiger partial charge is 0.452 e. The molecule has 1 atom stereocenters. The normalized spacial score (nSPS) is 15.3. The minimum atomic E-state index is -0.737. The fourth-order valence-electron chi connectivity index (χ4n) is 1.69. The van der Waals surface area contributed by atoms with Crippen LogP contribution in [-0.2, 0) is 20.1 Å². The van der Waals surface area contributed by atoms with Crippen molar-refractivity contribution in [1.29, 1.82) is 0 Å². The van der Waals surface area contributed by atoms with E-state index in [-0.39, 0.29) is 23.7 Å². The average Bonchev–Trinajstić information content (AvgIpc) is 3.24. The van der Waals surface area contributed by atoms with Gasteiger partial charge in [0.05, 0.1) is 5.75 Å². The van der Waals surface area contributed by atoms with Crippen molar-refractivity contribution >= 4 is 35.2 Å². The number of halogens is 1. The number of amides is 1. The van der Waals surface area contributed by atoms with E-state index >= 15 is 0 Å². The molecule has 6 heteroatoms. The van der Waals surface area contributed by atoms with Gasteiger partial charge in [0.1, 0.15) is 0 Å². The van der Waals surface area contributed by atoms with Crippen LogP contribution in [0.15, 0.2) is 24.3 Å². The third kappa shape index (κ3) is 5.59. The maximum atomic E-state index is 11.7. The molecule has 1 aromatic rings. The molecule has 21 heavy (non-hydrogen) atoms. The van der Waals surface area contributed by atoms with E-state index in [1.54, 1.807) is 6.92 Å². The fourth-order valence-corrected chi connectivity index (χ4v) is 2.78. The van der Waals surface area contributed by atoms with Gasteiger partial charge >= 0.3 is 5.97 Å². The molecular formula is C15H18ClNO3S. The molecular weight excluding hydrogens is 310 g/mol. The number of carbonyl (C=O) groups is 2. The van der Waals surface area contributed by atoms with E-state index in [0.717, 1.165) is 18.4 Å². The molecule has 2 rings (SSSR count). The summed E-state index contributed by atoms with van der Waals surface area (Å²) in [5, 5.41) is 3.50. The Kier molecular flexibility index (Phi) is 5.94. The molecule has 0 unspecified atom stereocenters. The number of benzene rings is 1. The molecule has 1 aromatic carbocycles. The van der Waals surface area contributed by atoms with Gasteiger partial charge in [0.2, 0.25) is 0 Å². The molecule has 1 aliphatic rings. The van der Waals surface area contributed by atoms with Crippen LogP contribution in [0.3, 0.4) is 0 Å². The van der Waals surface area contributed by atoms with E-state index in [0.29, 0.717) is 10.8 Å². The highest BCUT2D eigenvalue weighted by Gasteiger charge is 2.27. The van der Waals surface area contributed by atoms with Crippen LogP contribution in [-0.4, -0.2) is 29.8 Å². The first-order valence-corrected chi connectivity index (χ1v) is 8.40. The molecule has 1 aliphatic carbocycles. The summed E-state index contributed by atoms with van der Waals surface area (Å²) < 4.78 is 5.10. The summed E-state index contributed by atoms with van der Waals surface area (Å²) in [7, 11) is 0. The third-order valence-corrected chi connectivity index (χ3v) is 4.36. The van der Waals surface area contributed by atoms with Gasteiger partial charge in [-0.05, 0) is 31.4 Å². The Hall–Kier alpha value is -1.20. The summed E-state index contributed by atoms with van der Waals surface area (Å²) in [6.45, 7) is 1.59. The van der Waals surface area contributed by atoms with Crippen LogP contribution in [0.2, 0.25) is 5.02 Å². The van der Waals surface area contributed by atoms with Crippen molar-refractivity contribution in [2.24, 2.45) is 0 Å². The summed E-state index contributed by atoms with van der Waals surface area (Å²) >= 11 is 7.46. The van der Waals surface area contributed by atoms with Gasteiger partial charge in [0.15, 0.2) is 6.10 Å². The lowest BCUT2D eigenvalue weighted by Crippen LogP contribution is -2.37. The highest BCUT2D eigenvalue weighted by molar-refractivity contribution is 7.99. The summed E-state index contributed by atoms with van der Waals surface area (Å²) in [4.78, 5) is 23.3. The summed E-state index contributed by atoms with van der Waals surface area (Å²) in [6.07, 6.45) is 1.29. The molecule has 114 valence electrons. The van der Waals surface area contributed by atoms with E-state index in [9.17, 15) is 9.59 Å². The van der Waals surface area contributed by atoms with E-state index in [1.165, 1.54) is 11.8 Å². The Morgan fingerprint density at radius 3 is 2.81 bits per heavy atom. The summed E-state index contributed by atoms with van der Waals surface area (Å²) in [6, 6.07) is 7.79. The number of nitrogens with one attached hydrogen (secondary N) is 1. The minimum absolute atomic E-state index is 0.201. The smallest absolute Gasteiger partial charge is 0.316 e. The topological polar surface area (TPSA) is 55.4 Å². The number of hydrogen-bond donors (Lipinski definition) is 1. The predicted molar refractivity (Wildman–Crippen MR) is 84.3 cm³/mol. The minimum Gasteiger partial charge on any atom is -0.452 e. The van der Waals surface area contributed by atoms with Gasteiger partial charge in [0, 0.05) is 16.8 Å². The molecule has 4 nitrogen and oxygen atoms in total. The van der Waals surface area contributed by atoms with Crippen molar-refractivity contribution in [3.05, 3.63) is 34.9 Å². The zero-order chi connectivity index (χ0) is 15.2. The van der Waals surface area contributed by atoms with Crippen LogP contribution in [0, 0.1) is 0 Å². The highest BCUT2D eigenvalue weighted by atomic mass is 35.5. The van der Waals surface area contributed by atoms with Crippen molar-refractivity contribution in [1.82, 2.24) is 5.32 Å². The van der Waals surface area contributed by atoms with Gasteiger partial charge in [-0.15, -0.1) is 11.8 Å². The average molecular weight is 328 g/mol. The number of rotatable bonds is 7. The number of thioether (sulfide) groups is 1. The lowest BCUT2D eigenvalue weighted by Gasteiger charge is -2.13. The van der Waals surface area contributed by atoms with Gasteiger partial charge in [-0.2, -0.15) is 0 Å². The molecule has 0 heterocycles. The molecule has 1 saturated carbocycles. The SMILES string of the molecule is C[C@H](OC(=O)CSCc1ccccc1Cl)C(=O)NC1CC1. The summed E-state index contributed by atoms with van der Waals surface area (Å²) in [5.41, 5.74) is 0.983. The van der Waals surface area contributed by atoms with E-state index in [1.807, 2.05) is 24.3 Å². The highest BCUT2D eigenvalue weighted by Crippen LogP contribution is 2.21. The van der Waals surface area contributed by atoms with Crippen LogP contribution in [0.4, 0.5) is 0 Å². The van der Waals surface area contributed by atoms with Crippen molar-refractivity contribution < 1.29 is 14.3 Å². The third-order valence-electron chi connectivity index (χ3n) is 3.04. The Morgan fingerprint density at radius 2 is 2.14 bits per heavy atom. The van der Waals surface area contributed by atoms with E-state index in [2.05, 4.69) is 5.32 Å². The summed E-state index contributed by atoms with van der Waals surface area (Å²) in [5.74, 6) is 0.233. The van der Waals surface area contributed by atoms with E-state index < -0.39 is 6.10 Å². The quantitative estimate of drug-likeness (QED) is 0.782. The van der Waals surface area contributed by atoms with Gasteiger partial charge in [-0.25, -0.2) is 0 Å². The molecule has 0 spiro atoms.